The van der Waals surface area contributed by atoms with E-state index in [4.69, 9.17) is 11.6 Å². The summed E-state index contributed by atoms with van der Waals surface area (Å²) in [4.78, 5) is 7.83. The first-order valence-electron chi connectivity index (χ1n) is 2.35. The van der Waals surface area contributed by atoms with Gasteiger partial charge in [-0.2, -0.15) is 0 Å². The van der Waals surface area contributed by atoms with Crippen molar-refractivity contribution in [3.05, 3.63) is 21.6 Å². The normalized spacial score (nSPS) is 9.67. The molecule has 0 saturated heterocycles. The molecule has 0 aromatic carbocycles. The minimum absolute atomic E-state index is 0.457. The Hall–Kier alpha value is -0.150. The van der Waals surface area contributed by atoms with Gasteiger partial charge in [0.1, 0.15) is 9.76 Å². The first kappa shape index (κ1) is 6.96. The van der Waals surface area contributed by atoms with Gasteiger partial charge >= 0.3 is 0 Å². The molecule has 0 bridgehead atoms. The molecule has 0 saturated carbocycles. The van der Waals surface area contributed by atoms with Gasteiger partial charge in [-0.3, -0.25) is 0 Å². The Kier molecular flexibility index (Phi) is 2.03. The zero-order chi connectivity index (χ0) is 6.85. The van der Waals surface area contributed by atoms with E-state index in [2.05, 4.69) is 25.9 Å². The SMILES string of the molecule is Cc1nc(Br)cnc1Cl. The standard InChI is InChI=1S/C5H4BrClN2/c1-3-5(7)8-2-4(6)9-3/h2H,1H3. The van der Waals surface area contributed by atoms with Crippen LogP contribution in [0, 0.1) is 6.92 Å². The van der Waals surface area contributed by atoms with Gasteiger partial charge in [-0.05, 0) is 22.9 Å². The highest BCUT2D eigenvalue weighted by Crippen LogP contribution is 2.11. The van der Waals surface area contributed by atoms with Crippen molar-refractivity contribution in [3.63, 3.8) is 0 Å². The third-order valence-electron chi connectivity index (χ3n) is 0.857. The Morgan fingerprint density at radius 3 is 2.78 bits per heavy atom. The molecule has 0 atom stereocenters. The van der Waals surface area contributed by atoms with Crippen LogP contribution < -0.4 is 0 Å². The molecule has 4 heteroatoms. The van der Waals surface area contributed by atoms with Crippen molar-refractivity contribution >= 4 is 27.5 Å². The molecule has 1 aromatic rings. The lowest BCUT2D eigenvalue weighted by Gasteiger charge is -1.93. The van der Waals surface area contributed by atoms with Crippen LogP contribution in [0.5, 0.6) is 0 Å². The minimum atomic E-state index is 0.457. The van der Waals surface area contributed by atoms with Gasteiger partial charge in [-0.15, -0.1) is 0 Å². The van der Waals surface area contributed by atoms with E-state index in [0.717, 1.165) is 5.69 Å². The van der Waals surface area contributed by atoms with E-state index in [9.17, 15) is 0 Å². The van der Waals surface area contributed by atoms with Gasteiger partial charge in [0.05, 0.1) is 11.9 Å². The van der Waals surface area contributed by atoms with Crippen molar-refractivity contribution in [1.29, 1.82) is 0 Å². The van der Waals surface area contributed by atoms with E-state index in [0.29, 0.717) is 9.76 Å². The molecule has 1 rings (SSSR count). The number of rotatable bonds is 0. The quantitative estimate of drug-likeness (QED) is 0.652. The Bertz CT molecular complexity index is 226. The maximum atomic E-state index is 5.59. The molecular weight excluding hydrogens is 203 g/mol. The van der Waals surface area contributed by atoms with Crippen LogP contribution in [0.15, 0.2) is 10.8 Å². The minimum Gasteiger partial charge on any atom is -0.241 e. The molecule has 48 valence electrons. The van der Waals surface area contributed by atoms with Crippen molar-refractivity contribution in [3.8, 4) is 0 Å². The number of hydrogen-bond acceptors (Lipinski definition) is 2. The molecule has 0 aliphatic rings. The number of hydrogen-bond donors (Lipinski definition) is 0. The fraction of sp³-hybridized carbons (Fsp3) is 0.200. The zero-order valence-electron chi connectivity index (χ0n) is 4.73. The summed E-state index contributed by atoms with van der Waals surface area (Å²) in [5.74, 6) is 0. The summed E-state index contributed by atoms with van der Waals surface area (Å²) >= 11 is 8.75. The average Bonchev–Trinajstić information content (AvgIpc) is 1.80. The van der Waals surface area contributed by atoms with Gasteiger partial charge in [-0.1, -0.05) is 11.6 Å². The topological polar surface area (TPSA) is 25.8 Å². The van der Waals surface area contributed by atoms with Crippen LogP contribution in [0.3, 0.4) is 0 Å². The van der Waals surface area contributed by atoms with Crippen LogP contribution in [0.4, 0.5) is 0 Å². The molecular formula is C5H4BrClN2. The number of halogens is 2. The van der Waals surface area contributed by atoms with Gasteiger partial charge in [0.25, 0.3) is 0 Å². The highest BCUT2D eigenvalue weighted by molar-refractivity contribution is 9.10. The van der Waals surface area contributed by atoms with Crippen molar-refractivity contribution in [1.82, 2.24) is 9.97 Å². The molecule has 1 heterocycles. The van der Waals surface area contributed by atoms with E-state index < -0.39 is 0 Å². The molecule has 0 spiro atoms. The second kappa shape index (κ2) is 2.62. The number of nitrogens with zero attached hydrogens (tertiary/aromatic N) is 2. The van der Waals surface area contributed by atoms with Crippen LogP contribution >= 0.6 is 27.5 Å². The van der Waals surface area contributed by atoms with Crippen LogP contribution in [-0.2, 0) is 0 Å². The van der Waals surface area contributed by atoms with Gasteiger partial charge in [0, 0.05) is 0 Å². The lowest BCUT2D eigenvalue weighted by Crippen LogP contribution is -1.85. The molecule has 0 N–H and O–H groups in total. The first-order chi connectivity index (χ1) is 4.20. The first-order valence-corrected chi connectivity index (χ1v) is 3.52. The summed E-state index contributed by atoms with van der Waals surface area (Å²) in [6, 6.07) is 0. The molecule has 1 aromatic heterocycles. The van der Waals surface area contributed by atoms with Crippen LogP contribution in [0.2, 0.25) is 5.15 Å². The maximum absolute atomic E-state index is 5.59. The van der Waals surface area contributed by atoms with Crippen molar-refractivity contribution in [2.45, 2.75) is 6.92 Å². The van der Waals surface area contributed by atoms with Gasteiger partial charge in [-0.25, -0.2) is 9.97 Å². The summed E-state index contributed by atoms with van der Waals surface area (Å²) < 4.78 is 0.712. The number of aromatic nitrogens is 2. The summed E-state index contributed by atoms with van der Waals surface area (Å²) in [5.41, 5.74) is 0.742. The van der Waals surface area contributed by atoms with Crippen LogP contribution in [0.1, 0.15) is 5.69 Å². The Morgan fingerprint density at radius 1 is 1.67 bits per heavy atom. The molecule has 0 aliphatic heterocycles. The third kappa shape index (κ3) is 1.63. The van der Waals surface area contributed by atoms with Crippen LogP contribution in [-0.4, -0.2) is 9.97 Å². The molecule has 0 radical (unpaired) electrons. The lowest BCUT2D eigenvalue weighted by atomic mass is 10.5. The molecule has 9 heavy (non-hydrogen) atoms. The largest absolute Gasteiger partial charge is 0.241 e. The maximum Gasteiger partial charge on any atom is 0.150 e. The van der Waals surface area contributed by atoms with E-state index in [1.807, 2.05) is 0 Å². The van der Waals surface area contributed by atoms with Crippen molar-refractivity contribution in [2.75, 3.05) is 0 Å². The molecule has 0 amide bonds. The monoisotopic (exact) mass is 206 g/mol. The van der Waals surface area contributed by atoms with Crippen LogP contribution in [0.25, 0.3) is 0 Å². The van der Waals surface area contributed by atoms with E-state index >= 15 is 0 Å². The van der Waals surface area contributed by atoms with Crippen molar-refractivity contribution in [2.24, 2.45) is 0 Å². The van der Waals surface area contributed by atoms with Gasteiger partial charge in [0.15, 0.2) is 0 Å². The summed E-state index contributed by atoms with van der Waals surface area (Å²) in [6.45, 7) is 1.81. The van der Waals surface area contributed by atoms with E-state index in [1.165, 1.54) is 0 Å². The Morgan fingerprint density at radius 2 is 2.33 bits per heavy atom. The fourth-order valence-corrected chi connectivity index (χ4v) is 0.898. The lowest BCUT2D eigenvalue weighted by molar-refractivity contribution is 1.09. The van der Waals surface area contributed by atoms with E-state index in [-0.39, 0.29) is 0 Å². The second-order valence-electron chi connectivity index (χ2n) is 1.57. The molecule has 2 nitrogen and oxygen atoms in total. The molecule has 0 fully saturated rings. The Labute approximate surface area is 66.4 Å². The fourth-order valence-electron chi connectivity index (χ4n) is 0.439. The third-order valence-corrected chi connectivity index (χ3v) is 1.61. The van der Waals surface area contributed by atoms with Gasteiger partial charge < -0.3 is 0 Å². The molecule has 0 unspecified atom stereocenters. The smallest absolute Gasteiger partial charge is 0.150 e. The predicted molar refractivity (Wildman–Crippen MR) is 39.5 cm³/mol. The van der Waals surface area contributed by atoms with Crippen molar-refractivity contribution < 1.29 is 0 Å². The second-order valence-corrected chi connectivity index (χ2v) is 2.74. The predicted octanol–water partition coefficient (Wildman–Crippen LogP) is 2.20. The molecule has 0 aliphatic carbocycles. The number of aryl methyl sites for hydroxylation is 1. The van der Waals surface area contributed by atoms with Gasteiger partial charge in [0.2, 0.25) is 0 Å². The Balaban J connectivity index is 3.17. The summed E-state index contributed by atoms with van der Waals surface area (Å²) in [5, 5.41) is 0.457. The van der Waals surface area contributed by atoms with E-state index in [1.54, 1.807) is 13.1 Å². The zero-order valence-corrected chi connectivity index (χ0v) is 7.07. The highest BCUT2D eigenvalue weighted by atomic mass is 79.9. The highest BCUT2D eigenvalue weighted by Gasteiger charge is 1.95. The summed E-state index contributed by atoms with van der Waals surface area (Å²) in [6.07, 6.45) is 1.56. The average molecular weight is 207 g/mol. The summed E-state index contributed by atoms with van der Waals surface area (Å²) in [7, 11) is 0.